The standard InChI is InChI=1S/C30H37FN2O3S/c1-30(2,17-5-6-22-11-15-26(31)16-12-22)32-20-27(34)21-33(3)37-28-8-4-7-25(19-28)24-13-9-23(10-14-24)18-29(35)36/h4,7-16,19,27,32,34H,5-6,17-18,20-21H2,1-3H3,(H,35,36)/t27-/m1/s1. The summed E-state index contributed by atoms with van der Waals surface area (Å²) in [5.41, 5.74) is 3.89. The lowest BCUT2D eigenvalue weighted by molar-refractivity contribution is -0.136. The zero-order valence-corrected chi connectivity index (χ0v) is 22.6. The van der Waals surface area contributed by atoms with Crippen LogP contribution in [0, 0.1) is 5.82 Å². The van der Waals surface area contributed by atoms with Crippen LogP contribution in [0.25, 0.3) is 11.1 Å². The highest BCUT2D eigenvalue weighted by molar-refractivity contribution is 7.97. The van der Waals surface area contributed by atoms with E-state index in [1.165, 1.54) is 12.1 Å². The highest BCUT2D eigenvalue weighted by Crippen LogP contribution is 2.28. The summed E-state index contributed by atoms with van der Waals surface area (Å²) in [6.07, 6.45) is 2.34. The molecule has 7 heteroatoms. The number of carboxylic acids is 1. The Morgan fingerprint density at radius 1 is 1.03 bits per heavy atom. The molecule has 0 fully saturated rings. The molecule has 0 saturated heterocycles. The van der Waals surface area contributed by atoms with E-state index in [1.54, 1.807) is 11.9 Å². The van der Waals surface area contributed by atoms with Crippen molar-refractivity contribution >= 4 is 17.9 Å². The highest BCUT2D eigenvalue weighted by atomic mass is 32.2. The summed E-state index contributed by atoms with van der Waals surface area (Å²) in [4.78, 5) is 12.0. The second-order valence-corrected chi connectivity index (χ2v) is 11.4. The normalized spacial score (nSPS) is 12.6. The van der Waals surface area contributed by atoms with Crippen LogP contribution in [0.15, 0.2) is 77.7 Å². The molecule has 0 unspecified atom stereocenters. The summed E-state index contributed by atoms with van der Waals surface area (Å²) in [5, 5.41) is 23.1. The zero-order valence-electron chi connectivity index (χ0n) is 21.8. The lowest BCUT2D eigenvalue weighted by atomic mass is 9.95. The lowest BCUT2D eigenvalue weighted by Gasteiger charge is -2.29. The van der Waals surface area contributed by atoms with Crippen LogP contribution in [0.5, 0.6) is 0 Å². The SMILES string of the molecule is CN(C[C@H](O)CNC(C)(C)CCCc1ccc(F)cc1)Sc1cccc(-c2ccc(CC(=O)O)cc2)c1. The molecule has 3 aromatic carbocycles. The van der Waals surface area contributed by atoms with Gasteiger partial charge in [-0.05, 0) is 98.6 Å². The monoisotopic (exact) mass is 524 g/mol. The molecular weight excluding hydrogens is 487 g/mol. The Bertz CT molecular complexity index is 1140. The smallest absolute Gasteiger partial charge is 0.307 e. The van der Waals surface area contributed by atoms with Crippen molar-refractivity contribution in [3.05, 3.63) is 89.7 Å². The molecule has 0 saturated carbocycles. The molecule has 198 valence electrons. The Morgan fingerprint density at radius 3 is 2.38 bits per heavy atom. The first-order chi connectivity index (χ1) is 17.6. The van der Waals surface area contributed by atoms with Crippen molar-refractivity contribution in [3.63, 3.8) is 0 Å². The molecule has 3 rings (SSSR count). The number of aliphatic hydroxyl groups excluding tert-OH is 1. The number of nitrogens with zero attached hydrogens (tertiary/aromatic N) is 1. The fourth-order valence-corrected chi connectivity index (χ4v) is 5.09. The summed E-state index contributed by atoms with van der Waals surface area (Å²) < 4.78 is 15.1. The molecule has 0 bridgehead atoms. The molecule has 0 amide bonds. The van der Waals surface area contributed by atoms with Crippen LogP contribution in [0.1, 0.15) is 37.8 Å². The molecule has 0 aliphatic rings. The van der Waals surface area contributed by atoms with Crippen LogP contribution in [0.4, 0.5) is 4.39 Å². The molecule has 0 aliphatic carbocycles. The van der Waals surface area contributed by atoms with E-state index in [0.29, 0.717) is 13.1 Å². The summed E-state index contributed by atoms with van der Waals surface area (Å²) >= 11 is 1.58. The van der Waals surface area contributed by atoms with Gasteiger partial charge in [0.25, 0.3) is 0 Å². The topological polar surface area (TPSA) is 72.8 Å². The number of halogens is 1. The predicted molar refractivity (Wildman–Crippen MR) is 149 cm³/mol. The maximum atomic E-state index is 13.1. The minimum absolute atomic E-state index is 0.0192. The van der Waals surface area contributed by atoms with Crippen molar-refractivity contribution in [2.45, 2.75) is 56.1 Å². The third-order valence-corrected chi connectivity index (χ3v) is 7.13. The van der Waals surface area contributed by atoms with Crippen LogP contribution in [0.2, 0.25) is 0 Å². The van der Waals surface area contributed by atoms with Gasteiger partial charge < -0.3 is 15.5 Å². The van der Waals surface area contributed by atoms with Crippen molar-refractivity contribution < 1.29 is 19.4 Å². The number of benzene rings is 3. The molecule has 0 aromatic heterocycles. The Balaban J connectivity index is 1.43. The molecule has 5 nitrogen and oxygen atoms in total. The highest BCUT2D eigenvalue weighted by Gasteiger charge is 2.19. The molecule has 0 aliphatic heterocycles. The Labute approximate surface area is 223 Å². The average molecular weight is 525 g/mol. The first-order valence-electron chi connectivity index (χ1n) is 12.6. The van der Waals surface area contributed by atoms with E-state index < -0.39 is 12.1 Å². The van der Waals surface area contributed by atoms with E-state index in [9.17, 15) is 14.3 Å². The van der Waals surface area contributed by atoms with E-state index in [-0.39, 0.29) is 17.8 Å². The van der Waals surface area contributed by atoms with E-state index in [2.05, 4.69) is 25.2 Å². The third-order valence-electron chi connectivity index (χ3n) is 6.20. The van der Waals surface area contributed by atoms with E-state index in [0.717, 1.165) is 46.4 Å². The number of aliphatic hydroxyl groups is 1. The van der Waals surface area contributed by atoms with Gasteiger partial charge in [-0.15, -0.1) is 0 Å². The van der Waals surface area contributed by atoms with Gasteiger partial charge in [-0.25, -0.2) is 8.70 Å². The van der Waals surface area contributed by atoms with Crippen LogP contribution in [0.3, 0.4) is 0 Å². The second-order valence-electron chi connectivity index (χ2n) is 10.1. The molecule has 0 heterocycles. The minimum atomic E-state index is -0.836. The number of carbonyl (C=O) groups is 1. The number of β-amino-alcohol motifs (C(OH)–C–C–N with tert-alkyl or cyclic N) is 1. The molecule has 0 spiro atoms. The van der Waals surface area contributed by atoms with Gasteiger partial charge in [0.15, 0.2) is 0 Å². The van der Waals surface area contributed by atoms with Crippen molar-refractivity contribution in [2.75, 3.05) is 20.1 Å². The molecular formula is C30H37FN2O3S. The first kappa shape index (κ1) is 28.9. The average Bonchev–Trinajstić information content (AvgIpc) is 2.84. The number of rotatable bonds is 14. The Hall–Kier alpha value is -2.71. The van der Waals surface area contributed by atoms with Gasteiger partial charge in [0.05, 0.1) is 12.5 Å². The summed E-state index contributed by atoms with van der Waals surface area (Å²) in [5.74, 6) is -1.04. The number of aliphatic carboxylic acids is 1. The van der Waals surface area contributed by atoms with E-state index in [1.807, 2.05) is 66.0 Å². The largest absolute Gasteiger partial charge is 0.481 e. The summed E-state index contributed by atoms with van der Waals surface area (Å²) in [6.45, 7) is 5.29. The van der Waals surface area contributed by atoms with Crippen molar-refractivity contribution in [1.82, 2.24) is 9.62 Å². The number of carboxylic acid groups (broad SMARTS) is 1. The van der Waals surface area contributed by atoms with Crippen LogP contribution in [-0.4, -0.2) is 52.3 Å². The van der Waals surface area contributed by atoms with Gasteiger partial charge >= 0.3 is 5.97 Å². The Kier molecular flexibility index (Phi) is 10.7. The fraction of sp³-hybridized carbons (Fsp3) is 0.367. The second kappa shape index (κ2) is 13.7. The predicted octanol–water partition coefficient (Wildman–Crippen LogP) is 5.81. The number of likely N-dealkylation sites (N-methyl/N-ethyl adjacent to an activating group) is 1. The van der Waals surface area contributed by atoms with E-state index >= 15 is 0 Å². The number of aryl methyl sites for hydroxylation is 1. The third kappa shape index (κ3) is 10.3. The number of hydrogen-bond acceptors (Lipinski definition) is 5. The maximum absolute atomic E-state index is 13.1. The molecule has 0 radical (unpaired) electrons. The quantitative estimate of drug-likeness (QED) is 0.231. The molecule has 3 N–H and O–H groups in total. The zero-order chi connectivity index (χ0) is 26.8. The van der Waals surface area contributed by atoms with E-state index in [4.69, 9.17) is 5.11 Å². The summed E-state index contributed by atoms with van der Waals surface area (Å²) in [7, 11) is 1.97. The van der Waals surface area contributed by atoms with Gasteiger partial charge in [0.1, 0.15) is 5.82 Å². The lowest BCUT2D eigenvalue weighted by Crippen LogP contribution is -2.45. The van der Waals surface area contributed by atoms with Gasteiger partial charge in [-0.2, -0.15) is 0 Å². The molecule has 37 heavy (non-hydrogen) atoms. The van der Waals surface area contributed by atoms with Crippen molar-refractivity contribution in [1.29, 1.82) is 0 Å². The molecule has 1 atom stereocenters. The van der Waals surface area contributed by atoms with Crippen LogP contribution in [-0.2, 0) is 17.6 Å². The maximum Gasteiger partial charge on any atom is 0.307 e. The van der Waals surface area contributed by atoms with Crippen LogP contribution >= 0.6 is 11.9 Å². The van der Waals surface area contributed by atoms with Gasteiger partial charge in [-0.1, -0.05) is 48.5 Å². The van der Waals surface area contributed by atoms with Crippen molar-refractivity contribution in [3.8, 4) is 11.1 Å². The van der Waals surface area contributed by atoms with Gasteiger partial charge in [-0.3, -0.25) is 4.79 Å². The minimum Gasteiger partial charge on any atom is -0.481 e. The van der Waals surface area contributed by atoms with Gasteiger partial charge in [0, 0.05) is 23.5 Å². The number of hydrogen-bond donors (Lipinski definition) is 3. The van der Waals surface area contributed by atoms with Gasteiger partial charge in [0.2, 0.25) is 0 Å². The summed E-state index contributed by atoms with van der Waals surface area (Å²) in [6, 6.07) is 22.4. The van der Waals surface area contributed by atoms with Crippen LogP contribution < -0.4 is 5.32 Å². The Morgan fingerprint density at radius 2 is 1.70 bits per heavy atom. The van der Waals surface area contributed by atoms with Crippen molar-refractivity contribution in [2.24, 2.45) is 0 Å². The fourth-order valence-electron chi connectivity index (χ4n) is 4.17. The first-order valence-corrected chi connectivity index (χ1v) is 13.3. The molecule has 3 aromatic rings. The number of nitrogens with one attached hydrogen (secondary N) is 1.